The number of H-pyrrole nitrogens is 1. The zero-order valence-corrected chi connectivity index (χ0v) is 25.9. The number of fused-ring (bicyclic) bond motifs is 3. The van der Waals surface area contributed by atoms with Crippen LogP contribution in [0.1, 0.15) is 26.4 Å². The highest BCUT2D eigenvalue weighted by Crippen LogP contribution is 2.36. The average molecular weight is 697 g/mol. The van der Waals surface area contributed by atoms with Crippen molar-refractivity contribution in [2.45, 2.75) is 0 Å². The van der Waals surface area contributed by atoms with E-state index in [-0.39, 0.29) is 5.75 Å². The van der Waals surface area contributed by atoms with Crippen molar-refractivity contribution in [1.82, 2.24) is 10.4 Å². The largest absolute Gasteiger partial charge is 0.497 e. The molecule has 0 aliphatic heterocycles. The van der Waals surface area contributed by atoms with Gasteiger partial charge in [-0.05, 0) is 63.3 Å². The van der Waals surface area contributed by atoms with Crippen molar-refractivity contribution >= 4 is 71.6 Å². The van der Waals surface area contributed by atoms with Crippen molar-refractivity contribution < 1.29 is 19.1 Å². The number of hydrazone groups is 1. The summed E-state index contributed by atoms with van der Waals surface area (Å²) in [5, 5.41) is 7.25. The molecule has 2 N–H and O–H groups in total. The van der Waals surface area contributed by atoms with E-state index in [0.717, 1.165) is 37.3 Å². The van der Waals surface area contributed by atoms with Gasteiger partial charge in [-0.25, -0.2) is 10.2 Å². The molecule has 0 saturated carbocycles. The quantitative estimate of drug-likeness (QED) is 0.0758. The van der Waals surface area contributed by atoms with Gasteiger partial charge in [-0.3, -0.25) is 4.79 Å². The third-order valence-electron chi connectivity index (χ3n) is 6.92. The van der Waals surface area contributed by atoms with E-state index in [0.29, 0.717) is 27.0 Å². The monoisotopic (exact) mass is 695 g/mol. The highest BCUT2D eigenvalue weighted by molar-refractivity contribution is 9.11. The standard InChI is InChI=1S/C34H23Br2N3O4/c1-42-25-14-11-22(12-15-25)34(41)43-32-23(17-24(35)18-28(32)36)19-37-39-33(40)31-29(21-8-3-2-4-9-21)27-16-13-20-7-5-6-10-26(20)30(27)38-31/h2-19,38H,1H3,(H,39,40). The third-order valence-corrected chi connectivity index (χ3v) is 7.96. The molecule has 0 unspecified atom stereocenters. The van der Waals surface area contributed by atoms with Gasteiger partial charge in [-0.2, -0.15) is 5.10 Å². The van der Waals surface area contributed by atoms with E-state index >= 15 is 0 Å². The SMILES string of the molecule is COc1ccc(C(=O)Oc2c(Br)cc(Br)cc2C=NNC(=O)c2[nH]c3c(ccc4ccccc43)c2-c2ccccc2)cc1. The molecule has 1 aromatic heterocycles. The number of nitrogens with one attached hydrogen (secondary N) is 2. The van der Waals surface area contributed by atoms with E-state index in [9.17, 15) is 9.59 Å². The number of hydrogen-bond acceptors (Lipinski definition) is 5. The van der Waals surface area contributed by atoms with Crippen molar-refractivity contribution in [3.63, 3.8) is 0 Å². The molecular formula is C34H23Br2N3O4. The van der Waals surface area contributed by atoms with Crippen LogP contribution < -0.4 is 14.9 Å². The van der Waals surface area contributed by atoms with Crippen LogP contribution in [0.4, 0.5) is 0 Å². The Balaban J connectivity index is 1.32. The van der Waals surface area contributed by atoms with Gasteiger partial charge in [0.1, 0.15) is 11.4 Å². The second kappa shape index (κ2) is 12.2. The molecule has 0 aliphatic rings. The van der Waals surface area contributed by atoms with Crippen molar-refractivity contribution in [2.24, 2.45) is 5.10 Å². The second-order valence-electron chi connectivity index (χ2n) is 9.57. The number of methoxy groups -OCH3 is 1. The highest BCUT2D eigenvalue weighted by Gasteiger charge is 2.21. The Labute approximate surface area is 263 Å². The number of benzene rings is 5. The van der Waals surface area contributed by atoms with E-state index in [1.165, 1.54) is 6.21 Å². The van der Waals surface area contributed by atoms with Crippen LogP contribution in [0.2, 0.25) is 0 Å². The van der Waals surface area contributed by atoms with Crippen molar-refractivity contribution in [2.75, 3.05) is 7.11 Å². The van der Waals surface area contributed by atoms with Gasteiger partial charge in [0.2, 0.25) is 0 Å². The van der Waals surface area contributed by atoms with Crippen LogP contribution in [0.15, 0.2) is 117 Å². The van der Waals surface area contributed by atoms with Crippen LogP contribution in [0.3, 0.4) is 0 Å². The van der Waals surface area contributed by atoms with Crippen LogP contribution in [-0.4, -0.2) is 30.2 Å². The summed E-state index contributed by atoms with van der Waals surface area (Å²) in [5.41, 5.74) is 6.41. The molecule has 1 heterocycles. The maximum absolute atomic E-state index is 13.6. The minimum absolute atomic E-state index is 0.254. The normalized spacial score (nSPS) is 11.2. The first-order valence-electron chi connectivity index (χ1n) is 13.2. The first-order chi connectivity index (χ1) is 20.9. The summed E-state index contributed by atoms with van der Waals surface area (Å²) < 4.78 is 12.2. The molecule has 7 nitrogen and oxygen atoms in total. The lowest BCUT2D eigenvalue weighted by Gasteiger charge is -2.11. The number of esters is 1. The Morgan fingerprint density at radius 3 is 2.37 bits per heavy atom. The fourth-order valence-electron chi connectivity index (χ4n) is 4.89. The number of ether oxygens (including phenoxy) is 2. The molecule has 5 aromatic carbocycles. The first kappa shape index (κ1) is 28.4. The fourth-order valence-corrected chi connectivity index (χ4v) is 6.23. The molecule has 0 bridgehead atoms. The Bertz CT molecular complexity index is 2020. The van der Waals surface area contributed by atoms with E-state index in [2.05, 4.69) is 53.4 Å². The molecule has 43 heavy (non-hydrogen) atoms. The van der Waals surface area contributed by atoms with E-state index in [1.807, 2.05) is 60.7 Å². The predicted molar refractivity (Wildman–Crippen MR) is 176 cm³/mol. The number of carbonyl (C=O) groups excluding carboxylic acids is 2. The van der Waals surface area contributed by atoms with Gasteiger partial charge in [0, 0.05) is 26.4 Å². The Hall–Kier alpha value is -4.73. The molecule has 0 radical (unpaired) electrons. The van der Waals surface area contributed by atoms with Gasteiger partial charge in [0.15, 0.2) is 5.75 Å². The Morgan fingerprint density at radius 1 is 0.860 bits per heavy atom. The average Bonchev–Trinajstić information content (AvgIpc) is 3.43. The molecule has 0 fully saturated rings. The summed E-state index contributed by atoms with van der Waals surface area (Å²) in [4.78, 5) is 29.9. The van der Waals surface area contributed by atoms with Crippen molar-refractivity contribution in [1.29, 1.82) is 0 Å². The third kappa shape index (κ3) is 5.82. The number of halogens is 2. The first-order valence-corrected chi connectivity index (χ1v) is 14.8. The van der Waals surface area contributed by atoms with Crippen molar-refractivity contribution in [3.05, 3.63) is 129 Å². The number of aromatic nitrogens is 1. The Kier molecular flexibility index (Phi) is 8.09. The van der Waals surface area contributed by atoms with E-state index in [4.69, 9.17) is 9.47 Å². The van der Waals surface area contributed by atoms with Crippen LogP contribution in [-0.2, 0) is 0 Å². The van der Waals surface area contributed by atoms with E-state index < -0.39 is 11.9 Å². The van der Waals surface area contributed by atoms with E-state index in [1.54, 1.807) is 43.5 Å². The summed E-state index contributed by atoms with van der Waals surface area (Å²) in [6, 6.07) is 32.0. The maximum Gasteiger partial charge on any atom is 0.343 e. The van der Waals surface area contributed by atoms with Crippen molar-refractivity contribution in [3.8, 4) is 22.6 Å². The zero-order chi connectivity index (χ0) is 29.9. The summed E-state index contributed by atoms with van der Waals surface area (Å²) >= 11 is 6.94. The molecule has 212 valence electrons. The number of aromatic amines is 1. The number of nitrogens with zero attached hydrogens (tertiary/aromatic N) is 1. The molecule has 0 atom stereocenters. The second-order valence-corrected chi connectivity index (χ2v) is 11.3. The molecule has 1 amide bonds. The lowest BCUT2D eigenvalue weighted by molar-refractivity contribution is 0.0732. The van der Waals surface area contributed by atoms with Crippen LogP contribution in [0, 0.1) is 0 Å². The molecular weight excluding hydrogens is 674 g/mol. The number of carbonyl (C=O) groups is 2. The van der Waals surface area contributed by atoms with Gasteiger partial charge >= 0.3 is 5.97 Å². The number of hydrogen-bond donors (Lipinski definition) is 2. The highest BCUT2D eigenvalue weighted by atomic mass is 79.9. The summed E-state index contributed by atoms with van der Waals surface area (Å²) in [5.74, 6) is -0.0871. The van der Waals surface area contributed by atoms with Crippen LogP contribution in [0.25, 0.3) is 32.8 Å². The van der Waals surface area contributed by atoms with Gasteiger partial charge < -0.3 is 14.5 Å². The fraction of sp³-hybridized carbons (Fsp3) is 0.0294. The smallest absolute Gasteiger partial charge is 0.343 e. The molecule has 6 rings (SSSR count). The maximum atomic E-state index is 13.6. The Morgan fingerprint density at radius 2 is 1.60 bits per heavy atom. The molecule has 0 spiro atoms. The van der Waals surface area contributed by atoms with Gasteiger partial charge in [0.05, 0.1) is 28.9 Å². The summed E-state index contributed by atoms with van der Waals surface area (Å²) in [6.07, 6.45) is 1.43. The minimum Gasteiger partial charge on any atom is -0.497 e. The summed E-state index contributed by atoms with van der Waals surface area (Å²) in [6.45, 7) is 0. The molecule has 0 aliphatic carbocycles. The van der Waals surface area contributed by atoms with Crippen LogP contribution in [0.5, 0.6) is 11.5 Å². The number of amides is 1. The lowest BCUT2D eigenvalue weighted by atomic mass is 9.99. The summed E-state index contributed by atoms with van der Waals surface area (Å²) in [7, 11) is 1.55. The molecule has 6 aromatic rings. The lowest BCUT2D eigenvalue weighted by Crippen LogP contribution is -2.19. The minimum atomic E-state index is -0.554. The van der Waals surface area contributed by atoms with Gasteiger partial charge in [-0.1, -0.05) is 82.7 Å². The molecule has 0 saturated heterocycles. The van der Waals surface area contributed by atoms with Crippen LogP contribution >= 0.6 is 31.9 Å². The zero-order valence-electron chi connectivity index (χ0n) is 22.7. The van der Waals surface area contributed by atoms with Gasteiger partial charge in [0.25, 0.3) is 5.91 Å². The predicted octanol–water partition coefficient (Wildman–Crippen LogP) is 8.50. The molecule has 9 heteroatoms. The van der Waals surface area contributed by atoms with Gasteiger partial charge in [-0.15, -0.1) is 0 Å². The number of rotatable bonds is 7. The topological polar surface area (TPSA) is 92.8 Å².